The molecule has 0 radical (unpaired) electrons. The quantitative estimate of drug-likeness (QED) is 0.667. The molecule has 0 aromatic carbocycles. The Labute approximate surface area is 122 Å². The molecule has 0 amide bonds. The monoisotopic (exact) mass is 276 g/mol. The van der Waals surface area contributed by atoms with E-state index in [1.165, 1.54) is 32.1 Å². The Bertz CT molecular complexity index is 429. The first kappa shape index (κ1) is 13.3. The minimum Gasteiger partial charge on any atom is -0.393 e. The van der Waals surface area contributed by atoms with Gasteiger partial charge in [-0.3, -0.25) is 0 Å². The highest BCUT2D eigenvalue weighted by Crippen LogP contribution is 2.61. The number of hydrogen-bond donors (Lipinski definition) is 2. The molecule has 0 bridgehead atoms. The van der Waals surface area contributed by atoms with Gasteiger partial charge in [0.2, 0.25) is 0 Å². The average molecular weight is 276 g/mol. The fourth-order valence-corrected chi connectivity index (χ4v) is 6.22. The van der Waals surface area contributed by atoms with Crippen molar-refractivity contribution >= 4 is 0 Å². The van der Waals surface area contributed by atoms with Crippen molar-refractivity contribution in [1.29, 1.82) is 0 Å². The van der Waals surface area contributed by atoms with E-state index in [4.69, 9.17) is 0 Å². The normalized spacial score (nSPS) is 54.6. The number of fused-ring (bicyclic) bond motifs is 5. The summed E-state index contributed by atoms with van der Waals surface area (Å²) < 4.78 is 0. The highest BCUT2D eigenvalue weighted by Gasteiger charge is 2.55. The summed E-state index contributed by atoms with van der Waals surface area (Å²) in [6.45, 7) is 2.34. The van der Waals surface area contributed by atoms with Crippen LogP contribution in [-0.4, -0.2) is 22.4 Å². The summed E-state index contributed by atoms with van der Waals surface area (Å²) in [6.07, 6.45) is 11.4. The van der Waals surface area contributed by atoms with Gasteiger partial charge in [0.15, 0.2) is 0 Å². The molecule has 2 N–H and O–H groups in total. The van der Waals surface area contributed by atoms with Gasteiger partial charge in [-0.05, 0) is 80.5 Å². The van der Waals surface area contributed by atoms with Crippen molar-refractivity contribution in [3.63, 3.8) is 0 Å². The van der Waals surface area contributed by atoms with Crippen LogP contribution in [-0.2, 0) is 0 Å². The molecule has 20 heavy (non-hydrogen) atoms. The Hall–Kier alpha value is -0.340. The summed E-state index contributed by atoms with van der Waals surface area (Å²) in [5, 5.41) is 20.3. The van der Waals surface area contributed by atoms with Gasteiger partial charge < -0.3 is 10.2 Å². The highest BCUT2D eigenvalue weighted by atomic mass is 16.3. The van der Waals surface area contributed by atoms with Crippen LogP contribution in [0.4, 0.5) is 0 Å². The number of aliphatic hydroxyl groups excluding tert-OH is 2. The van der Waals surface area contributed by atoms with E-state index in [9.17, 15) is 10.2 Å². The van der Waals surface area contributed by atoms with Gasteiger partial charge in [0.25, 0.3) is 0 Å². The number of allylic oxidation sites excluding steroid dienone is 1. The average Bonchev–Trinajstić information content (AvgIpc) is 2.74. The van der Waals surface area contributed by atoms with Crippen LogP contribution >= 0.6 is 0 Å². The summed E-state index contributed by atoms with van der Waals surface area (Å²) in [5.74, 6) is 3.13. The maximum Gasteiger partial charge on any atom is 0.0596 e. The standard InChI is InChI=1S/C18H28O2/c1-18-9-8-14-13-5-3-12(19)10-11(13)2-4-15(14)16(18)6-7-17(18)20/h2,12-17,19-20H,3-10H2,1H3/t12?,13?,14?,15?,16?,17-,18-/m0/s1. The lowest BCUT2D eigenvalue weighted by molar-refractivity contribution is -0.0499. The molecular formula is C18H28O2. The van der Waals surface area contributed by atoms with E-state index in [0.717, 1.165) is 42.9 Å². The predicted octanol–water partition coefficient (Wildman–Crippen LogP) is 3.28. The highest BCUT2D eigenvalue weighted by molar-refractivity contribution is 5.20. The van der Waals surface area contributed by atoms with Gasteiger partial charge in [-0.15, -0.1) is 0 Å². The van der Waals surface area contributed by atoms with Crippen LogP contribution < -0.4 is 0 Å². The Morgan fingerprint density at radius 2 is 1.90 bits per heavy atom. The first-order chi connectivity index (χ1) is 9.59. The second-order valence-electron chi connectivity index (χ2n) is 8.13. The molecule has 112 valence electrons. The SMILES string of the molecule is C[C@]12CCC3C4CCC(O)CC4=CCC3C1CC[C@@H]2O. The lowest BCUT2D eigenvalue weighted by Crippen LogP contribution is -2.47. The number of rotatable bonds is 0. The van der Waals surface area contributed by atoms with Crippen LogP contribution in [0, 0.1) is 29.1 Å². The third-order valence-corrected chi connectivity index (χ3v) is 7.37. The van der Waals surface area contributed by atoms with E-state index < -0.39 is 0 Å². The molecule has 7 atom stereocenters. The fraction of sp³-hybridized carbons (Fsp3) is 0.889. The molecule has 0 aliphatic heterocycles. The molecule has 0 spiro atoms. The molecule has 2 nitrogen and oxygen atoms in total. The lowest BCUT2D eigenvalue weighted by atomic mass is 9.53. The molecule has 3 saturated carbocycles. The van der Waals surface area contributed by atoms with E-state index in [1.807, 2.05) is 0 Å². The van der Waals surface area contributed by atoms with Gasteiger partial charge in [-0.25, -0.2) is 0 Å². The van der Waals surface area contributed by atoms with E-state index in [1.54, 1.807) is 5.57 Å². The van der Waals surface area contributed by atoms with Crippen molar-refractivity contribution in [2.75, 3.05) is 0 Å². The Morgan fingerprint density at radius 3 is 2.75 bits per heavy atom. The maximum absolute atomic E-state index is 10.4. The van der Waals surface area contributed by atoms with Crippen LogP contribution in [0.15, 0.2) is 11.6 Å². The largest absolute Gasteiger partial charge is 0.393 e. The Balaban J connectivity index is 1.62. The van der Waals surface area contributed by atoms with Gasteiger partial charge >= 0.3 is 0 Å². The van der Waals surface area contributed by atoms with Crippen LogP contribution in [0.5, 0.6) is 0 Å². The summed E-state index contributed by atoms with van der Waals surface area (Å²) in [5.41, 5.74) is 1.76. The number of hydrogen-bond acceptors (Lipinski definition) is 2. The van der Waals surface area contributed by atoms with Crippen molar-refractivity contribution < 1.29 is 10.2 Å². The van der Waals surface area contributed by atoms with Gasteiger partial charge in [-0.2, -0.15) is 0 Å². The molecule has 0 aromatic rings. The molecule has 0 aromatic heterocycles. The zero-order chi connectivity index (χ0) is 13.9. The van der Waals surface area contributed by atoms with Crippen LogP contribution in [0.25, 0.3) is 0 Å². The summed E-state index contributed by atoms with van der Waals surface area (Å²) >= 11 is 0. The lowest BCUT2D eigenvalue weighted by Gasteiger charge is -2.53. The molecule has 4 aliphatic rings. The Morgan fingerprint density at radius 1 is 1.05 bits per heavy atom. The molecule has 0 saturated heterocycles. The summed E-state index contributed by atoms with van der Waals surface area (Å²) in [7, 11) is 0. The second-order valence-corrected chi connectivity index (χ2v) is 8.13. The van der Waals surface area contributed by atoms with E-state index in [2.05, 4.69) is 13.0 Å². The van der Waals surface area contributed by atoms with Crippen LogP contribution in [0.2, 0.25) is 0 Å². The fourth-order valence-electron chi connectivity index (χ4n) is 6.22. The topological polar surface area (TPSA) is 40.5 Å². The number of aliphatic hydroxyl groups is 2. The van der Waals surface area contributed by atoms with Gasteiger partial charge in [-0.1, -0.05) is 18.6 Å². The third-order valence-electron chi connectivity index (χ3n) is 7.37. The summed E-state index contributed by atoms with van der Waals surface area (Å²) in [6, 6.07) is 0. The van der Waals surface area contributed by atoms with E-state index >= 15 is 0 Å². The minimum absolute atomic E-state index is 0.0630. The second kappa shape index (κ2) is 4.58. The first-order valence-electron chi connectivity index (χ1n) is 8.64. The summed E-state index contributed by atoms with van der Waals surface area (Å²) in [4.78, 5) is 0. The third kappa shape index (κ3) is 1.77. The molecule has 2 heteroatoms. The van der Waals surface area contributed by atoms with Crippen molar-refractivity contribution in [2.45, 2.75) is 70.5 Å². The van der Waals surface area contributed by atoms with Crippen molar-refractivity contribution in [3.8, 4) is 0 Å². The zero-order valence-corrected chi connectivity index (χ0v) is 12.6. The molecule has 4 aliphatic carbocycles. The van der Waals surface area contributed by atoms with Crippen molar-refractivity contribution in [1.82, 2.24) is 0 Å². The first-order valence-corrected chi connectivity index (χ1v) is 8.64. The minimum atomic E-state index is -0.0868. The molecule has 5 unspecified atom stereocenters. The maximum atomic E-state index is 10.4. The van der Waals surface area contributed by atoms with Crippen LogP contribution in [0.3, 0.4) is 0 Å². The van der Waals surface area contributed by atoms with E-state index in [0.29, 0.717) is 0 Å². The smallest absolute Gasteiger partial charge is 0.0596 e. The predicted molar refractivity (Wildman–Crippen MR) is 79.1 cm³/mol. The molecule has 3 fully saturated rings. The molecular weight excluding hydrogens is 248 g/mol. The molecule has 0 heterocycles. The van der Waals surface area contributed by atoms with Gasteiger partial charge in [0, 0.05) is 0 Å². The zero-order valence-electron chi connectivity index (χ0n) is 12.6. The Kier molecular flexibility index (Phi) is 3.05. The van der Waals surface area contributed by atoms with Gasteiger partial charge in [0.05, 0.1) is 12.2 Å². The van der Waals surface area contributed by atoms with Crippen molar-refractivity contribution in [2.24, 2.45) is 29.1 Å². The molecule has 4 rings (SSSR count). The van der Waals surface area contributed by atoms with E-state index in [-0.39, 0.29) is 17.6 Å². The van der Waals surface area contributed by atoms with Crippen LogP contribution in [0.1, 0.15) is 58.3 Å². The van der Waals surface area contributed by atoms with Gasteiger partial charge in [0.1, 0.15) is 0 Å². The van der Waals surface area contributed by atoms with Crippen molar-refractivity contribution in [3.05, 3.63) is 11.6 Å².